The number of hydrogen-bond donors (Lipinski definition) is 0. The number of pyridine rings is 1. The first-order valence-electron chi connectivity index (χ1n) is 5.10. The lowest BCUT2D eigenvalue weighted by atomic mass is 9.99. The van der Waals surface area contributed by atoms with Crippen LogP contribution >= 0.6 is 11.6 Å². The smallest absolute Gasteiger partial charge is 0.201 e. The lowest BCUT2D eigenvalue weighted by Crippen LogP contribution is -2.09. The molecule has 0 bridgehead atoms. The zero-order chi connectivity index (χ0) is 15.1. The number of rotatable bonds is 1. The predicted octanol–water partition coefficient (Wildman–Crippen LogP) is 4.84. The highest BCUT2D eigenvalue weighted by molar-refractivity contribution is 6.33. The first-order valence-corrected chi connectivity index (χ1v) is 5.48. The molecule has 0 aliphatic rings. The van der Waals surface area contributed by atoms with Crippen LogP contribution in [0.15, 0.2) is 24.3 Å². The summed E-state index contributed by atoms with van der Waals surface area (Å²) in [5.41, 5.74) is -3.03. The van der Waals surface area contributed by atoms with E-state index >= 15 is 0 Å². The zero-order valence-corrected chi connectivity index (χ0v) is 10.2. The van der Waals surface area contributed by atoms with Crippen LogP contribution in [0.4, 0.5) is 26.3 Å². The maximum absolute atomic E-state index is 13.6. The van der Waals surface area contributed by atoms with E-state index in [1.54, 1.807) is 0 Å². The molecule has 0 radical (unpaired) electrons. The molecular formula is C12H4ClF6N. The molecule has 1 aromatic heterocycles. The van der Waals surface area contributed by atoms with Crippen LogP contribution in [-0.2, 0) is 6.18 Å². The molecular weight excluding hydrogens is 308 g/mol. The number of nitrogens with zero attached hydrogens (tertiary/aromatic N) is 1. The molecule has 0 fully saturated rings. The lowest BCUT2D eigenvalue weighted by molar-refractivity contribution is -0.137. The van der Waals surface area contributed by atoms with Crippen LogP contribution < -0.4 is 0 Å². The molecule has 0 aliphatic carbocycles. The van der Waals surface area contributed by atoms with E-state index in [-0.39, 0.29) is 0 Å². The van der Waals surface area contributed by atoms with Crippen LogP contribution in [-0.4, -0.2) is 4.98 Å². The summed E-state index contributed by atoms with van der Waals surface area (Å²) in [6.07, 6.45) is -4.83. The van der Waals surface area contributed by atoms with Crippen molar-refractivity contribution >= 4 is 11.6 Å². The van der Waals surface area contributed by atoms with Gasteiger partial charge in [0.1, 0.15) is 5.02 Å². The third-order valence-corrected chi connectivity index (χ3v) is 2.84. The Morgan fingerprint density at radius 2 is 1.55 bits per heavy atom. The second-order valence-electron chi connectivity index (χ2n) is 3.74. The molecule has 1 nitrogen and oxygen atoms in total. The van der Waals surface area contributed by atoms with E-state index in [2.05, 4.69) is 4.98 Å². The van der Waals surface area contributed by atoms with E-state index in [0.717, 1.165) is 18.2 Å². The third kappa shape index (κ3) is 2.45. The summed E-state index contributed by atoms with van der Waals surface area (Å²) >= 11 is 5.42. The van der Waals surface area contributed by atoms with Gasteiger partial charge in [0.15, 0.2) is 5.82 Å². The predicted molar refractivity (Wildman–Crippen MR) is 59.6 cm³/mol. The number of halogens is 7. The van der Waals surface area contributed by atoms with Gasteiger partial charge in [-0.1, -0.05) is 29.8 Å². The standard InChI is InChI=1S/C12H4ClF6N/c13-8-7(9(14)11(16)20-10(8)15)5-3-1-2-4-6(5)12(17,18)19/h1-4H. The van der Waals surface area contributed by atoms with E-state index in [1.807, 2.05) is 0 Å². The molecule has 0 atom stereocenters. The zero-order valence-electron chi connectivity index (χ0n) is 9.40. The summed E-state index contributed by atoms with van der Waals surface area (Å²) in [4.78, 5) is 2.53. The molecule has 0 unspecified atom stereocenters. The number of benzene rings is 1. The lowest BCUT2D eigenvalue weighted by Gasteiger charge is -2.14. The normalized spacial score (nSPS) is 11.8. The summed E-state index contributed by atoms with van der Waals surface area (Å²) in [6.45, 7) is 0. The van der Waals surface area contributed by atoms with Crippen molar-refractivity contribution in [1.82, 2.24) is 4.98 Å². The average Bonchev–Trinajstić information content (AvgIpc) is 2.36. The molecule has 2 aromatic rings. The van der Waals surface area contributed by atoms with E-state index in [1.165, 1.54) is 0 Å². The minimum Gasteiger partial charge on any atom is -0.201 e. The van der Waals surface area contributed by atoms with Crippen LogP contribution in [0.3, 0.4) is 0 Å². The van der Waals surface area contributed by atoms with Gasteiger partial charge in [0.25, 0.3) is 5.95 Å². The first-order chi connectivity index (χ1) is 9.23. The van der Waals surface area contributed by atoms with E-state index in [0.29, 0.717) is 6.07 Å². The molecule has 0 saturated carbocycles. The van der Waals surface area contributed by atoms with Gasteiger partial charge in [-0.2, -0.15) is 26.9 Å². The molecule has 8 heteroatoms. The van der Waals surface area contributed by atoms with Crippen molar-refractivity contribution in [3.8, 4) is 11.1 Å². The van der Waals surface area contributed by atoms with Crippen LogP contribution in [0, 0.1) is 17.7 Å². The highest BCUT2D eigenvalue weighted by Crippen LogP contribution is 2.41. The Labute approximate surface area is 113 Å². The van der Waals surface area contributed by atoms with E-state index in [4.69, 9.17) is 11.6 Å². The highest BCUT2D eigenvalue weighted by atomic mass is 35.5. The van der Waals surface area contributed by atoms with Crippen LogP contribution in [0.2, 0.25) is 5.02 Å². The molecule has 0 N–H and O–H groups in total. The van der Waals surface area contributed by atoms with Gasteiger partial charge in [-0.25, -0.2) is 4.39 Å². The maximum Gasteiger partial charge on any atom is 0.417 e. The van der Waals surface area contributed by atoms with Crippen LogP contribution in [0.1, 0.15) is 5.56 Å². The van der Waals surface area contributed by atoms with Crippen LogP contribution in [0.5, 0.6) is 0 Å². The molecule has 0 saturated heterocycles. The van der Waals surface area contributed by atoms with Gasteiger partial charge >= 0.3 is 6.18 Å². The fourth-order valence-corrected chi connectivity index (χ4v) is 1.90. The summed E-state index contributed by atoms with van der Waals surface area (Å²) in [5.74, 6) is -5.19. The van der Waals surface area contributed by atoms with Gasteiger partial charge < -0.3 is 0 Å². The SMILES string of the molecule is Fc1nc(F)c(Cl)c(-c2ccccc2C(F)(F)F)c1F. The largest absolute Gasteiger partial charge is 0.417 e. The van der Waals surface area contributed by atoms with Crippen molar-refractivity contribution in [3.63, 3.8) is 0 Å². The monoisotopic (exact) mass is 311 g/mol. The van der Waals surface area contributed by atoms with Gasteiger partial charge in [-0.05, 0) is 11.6 Å². The minimum atomic E-state index is -4.83. The quantitative estimate of drug-likeness (QED) is 0.542. The molecule has 2 rings (SSSR count). The summed E-state index contributed by atoms with van der Waals surface area (Å²) in [7, 11) is 0. The molecule has 0 aliphatic heterocycles. The fourth-order valence-electron chi connectivity index (χ4n) is 1.67. The Bertz CT molecular complexity index is 641. The topological polar surface area (TPSA) is 12.9 Å². The van der Waals surface area contributed by atoms with Crippen molar-refractivity contribution < 1.29 is 26.3 Å². The van der Waals surface area contributed by atoms with Crippen molar-refractivity contribution in [1.29, 1.82) is 0 Å². The second kappa shape index (κ2) is 4.97. The summed E-state index contributed by atoms with van der Waals surface area (Å²) in [6, 6.07) is 3.75. The highest BCUT2D eigenvalue weighted by Gasteiger charge is 2.35. The van der Waals surface area contributed by atoms with Crippen molar-refractivity contribution in [3.05, 3.63) is 52.6 Å². The van der Waals surface area contributed by atoms with Crippen molar-refractivity contribution in [2.24, 2.45) is 0 Å². The van der Waals surface area contributed by atoms with Gasteiger partial charge in [0.2, 0.25) is 5.95 Å². The Hall–Kier alpha value is -1.76. The van der Waals surface area contributed by atoms with E-state index < -0.39 is 45.6 Å². The molecule has 20 heavy (non-hydrogen) atoms. The molecule has 106 valence electrons. The number of aromatic nitrogens is 1. The van der Waals surface area contributed by atoms with Gasteiger partial charge in [0, 0.05) is 5.56 Å². The second-order valence-corrected chi connectivity index (χ2v) is 4.12. The van der Waals surface area contributed by atoms with Gasteiger partial charge in [0.05, 0.1) is 5.56 Å². The number of hydrogen-bond acceptors (Lipinski definition) is 1. The Morgan fingerprint density at radius 3 is 2.15 bits per heavy atom. The van der Waals surface area contributed by atoms with E-state index in [9.17, 15) is 26.3 Å². The van der Waals surface area contributed by atoms with Gasteiger partial charge in [-0.15, -0.1) is 0 Å². The summed E-state index contributed by atoms with van der Waals surface area (Å²) < 4.78 is 78.4. The first kappa shape index (κ1) is 14.6. The molecule has 1 aromatic carbocycles. The third-order valence-electron chi connectivity index (χ3n) is 2.50. The van der Waals surface area contributed by atoms with Crippen LogP contribution in [0.25, 0.3) is 11.1 Å². The van der Waals surface area contributed by atoms with Crippen molar-refractivity contribution in [2.75, 3.05) is 0 Å². The van der Waals surface area contributed by atoms with Gasteiger partial charge in [-0.3, -0.25) is 0 Å². The number of alkyl halides is 3. The molecule has 1 heterocycles. The molecule has 0 spiro atoms. The minimum absolute atomic E-state index is 0.654. The Kier molecular flexibility index (Phi) is 3.64. The van der Waals surface area contributed by atoms with Crippen molar-refractivity contribution in [2.45, 2.75) is 6.18 Å². The molecule has 0 amide bonds. The fraction of sp³-hybridized carbons (Fsp3) is 0.0833. The Morgan fingerprint density at radius 1 is 0.950 bits per heavy atom. The summed E-state index contributed by atoms with van der Waals surface area (Å²) in [5, 5.41) is -1.01. The maximum atomic E-state index is 13.6. The average molecular weight is 312 g/mol. The Balaban J connectivity index is 2.83.